The molecule has 0 aliphatic heterocycles. The first-order valence-corrected chi connectivity index (χ1v) is 6.63. The highest BCUT2D eigenvalue weighted by Gasteiger charge is 2.14. The van der Waals surface area contributed by atoms with Gasteiger partial charge in [-0.1, -0.05) is 0 Å². The van der Waals surface area contributed by atoms with E-state index >= 15 is 0 Å². The van der Waals surface area contributed by atoms with Crippen molar-refractivity contribution in [3.05, 3.63) is 18.3 Å². The van der Waals surface area contributed by atoms with Gasteiger partial charge in [0.25, 0.3) is 0 Å². The summed E-state index contributed by atoms with van der Waals surface area (Å²) in [5, 5.41) is 20.0. The molecular formula is C8H11BN2O5S. The Morgan fingerprint density at radius 1 is 1.53 bits per heavy atom. The summed E-state index contributed by atoms with van der Waals surface area (Å²) in [5.41, 5.74) is 0.148. The second-order valence-electron chi connectivity index (χ2n) is 3.47. The number of hydrogen-bond donors (Lipinski definition) is 3. The molecule has 0 radical (unpaired) electrons. The Labute approximate surface area is 98.6 Å². The van der Waals surface area contributed by atoms with E-state index in [-0.39, 0.29) is 11.3 Å². The molecule has 1 rings (SSSR count). The SMILES string of the molecule is CS(=O)(=O)CC(=O)Nc1cc(B(O)O)ccn1. The fraction of sp³-hybridized carbons (Fsp3) is 0.250. The summed E-state index contributed by atoms with van der Waals surface area (Å²) >= 11 is 0. The average molecular weight is 258 g/mol. The van der Waals surface area contributed by atoms with Crippen molar-refractivity contribution < 1.29 is 23.3 Å². The summed E-state index contributed by atoms with van der Waals surface area (Å²) in [6.45, 7) is 0. The fourth-order valence-electron chi connectivity index (χ4n) is 1.09. The van der Waals surface area contributed by atoms with Crippen LogP contribution >= 0.6 is 0 Å². The summed E-state index contributed by atoms with van der Waals surface area (Å²) in [5.74, 6) is -1.32. The van der Waals surface area contributed by atoms with Crippen LogP contribution in [0.3, 0.4) is 0 Å². The summed E-state index contributed by atoms with van der Waals surface area (Å²) < 4.78 is 21.7. The Balaban J connectivity index is 2.75. The molecule has 0 aromatic carbocycles. The van der Waals surface area contributed by atoms with Crippen molar-refractivity contribution in [3.63, 3.8) is 0 Å². The molecule has 0 bridgehead atoms. The molecule has 0 spiro atoms. The van der Waals surface area contributed by atoms with E-state index in [1.54, 1.807) is 0 Å². The highest BCUT2D eigenvalue weighted by atomic mass is 32.2. The molecule has 1 heterocycles. The minimum Gasteiger partial charge on any atom is -0.423 e. The summed E-state index contributed by atoms with van der Waals surface area (Å²) in [7, 11) is -5.09. The highest BCUT2D eigenvalue weighted by molar-refractivity contribution is 7.91. The van der Waals surface area contributed by atoms with Gasteiger partial charge in [-0.25, -0.2) is 13.4 Å². The van der Waals surface area contributed by atoms with Crippen LogP contribution < -0.4 is 10.8 Å². The van der Waals surface area contributed by atoms with E-state index in [1.807, 2.05) is 0 Å². The molecule has 0 aliphatic rings. The maximum absolute atomic E-state index is 11.3. The average Bonchev–Trinajstić information content (AvgIpc) is 2.14. The van der Waals surface area contributed by atoms with Crippen LogP contribution in [0.15, 0.2) is 18.3 Å². The Kier molecular flexibility index (Phi) is 4.21. The minimum atomic E-state index is -3.41. The van der Waals surface area contributed by atoms with Gasteiger partial charge < -0.3 is 15.4 Å². The largest absolute Gasteiger partial charge is 0.488 e. The van der Waals surface area contributed by atoms with Crippen LogP contribution in [0, 0.1) is 0 Å². The predicted molar refractivity (Wildman–Crippen MR) is 62.4 cm³/mol. The number of anilines is 1. The van der Waals surface area contributed by atoms with Crippen LogP contribution in [0.4, 0.5) is 5.82 Å². The van der Waals surface area contributed by atoms with Crippen LogP contribution in [0.25, 0.3) is 0 Å². The van der Waals surface area contributed by atoms with Crippen LogP contribution in [0.1, 0.15) is 0 Å². The van der Waals surface area contributed by atoms with Gasteiger partial charge in [-0.15, -0.1) is 0 Å². The summed E-state index contributed by atoms with van der Waals surface area (Å²) in [6.07, 6.45) is 2.21. The topological polar surface area (TPSA) is 117 Å². The second-order valence-corrected chi connectivity index (χ2v) is 5.61. The Bertz CT molecular complexity index is 516. The third-order valence-corrected chi connectivity index (χ3v) is 2.53. The van der Waals surface area contributed by atoms with Gasteiger partial charge in [-0.05, 0) is 17.6 Å². The van der Waals surface area contributed by atoms with Gasteiger partial charge in [-0.2, -0.15) is 0 Å². The molecule has 0 atom stereocenters. The molecule has 0 saturated carbocycles. The van der Waals surface area contributed by atoms with Gasteiger partial charge in [0.05, 0.1) is 0 Å². The van der Waals surface area contributed by atoms with Crippen molar-refractivity contribution in [2.45, 2.75) is 0 Å². The number of pyridine rings is 1. The van der Waals surface area contributed by atoms with Gasteiger partial charge in [0, 0.05) is 12.5 Å². The lowest BCUT2D eigenvalue weighted by Crippen LogP contribution is -2.31. The van der Waals surface area contributed by atoms with Gasteiger partial charge in [0.15, 0.2) is 9.84 Å². The molecule has 9 heteroatoms. The summed E-state index contributed by atoms with van der Waals surface area (Å²) in [4.78, 5) is 15.0. The van der Waals surface area contributed by atoms with Gasteiger partial charge >= 0.3 is 7.12 Å². The van der Waals surface area contributed by atoms with E-state index < -0.39 is 28.6 Å². The van der Waals surface area contributed by atoms with E-state index in [0.29, 0.717) is 0 Å². The van der Waals surface area contributed by atoms with Crippen LogP contribution in [-0.4, -0.2) is 48.5 Å². The van der Waals surface area contributed by atoms with E-state index in [4.69, 9.17) is 10.0 Å². The number of nitrogens with zero attached hydrogens (tertiary/aromatic N) is 1. The molecular weight excluding hydrogens is 247 g/mol. The zero-order chi connectivity index (χ0) is 13.1. The van der Waals surface area contributed by atoms with Gasteiger partial charge in [0.2, 0.25) is 5.91 Å². The Hall–Kier alpha value is -1.45. The van der Waals surface area contributed by atoms with Crippen molar-refractivity contribution in [2.24, 2.45) is 0 Å². The number of carbonyl (C=O) groups excluding carboxylic acids is 1. The molecule has 0 unspecified atom stereocenters. The number of aromatic nitrogens is 1. The van der Waals surface area contributed by atoms with E-state index in [9.17, 15) is 13.2 Å². The molecule has 92 valence electrons. The van der Waals surface area contributed by atoms with E-state index in [0.717, 1.165) is 6.26 Å². The smallest absolute Gasteiger partial charge is 0.423 e. The molecule has 7 nitrogen and oxygen atoms in total. The lowest BCUT2D eigenvalue weighted by atomic mass is 9.81. The predicted octanol–water partition coefficient (Wildman–Crippen LogP) is -2.26. The highest BCUT2D eigenvalue weighted by Crippen LogP contribution is 1.99. The Morgan fingerprint density at radius 2 is 2.18 bits per heavy atom. The lowest BCUT2D eigenvalue weighted by Gasteiger charge is -2.05. The molecule has 1 amide bonds. The quantitative estimate of drug-likeness (QED) is 0.525. The lowest BCUT2D eigenvalue weighted by molar-refractivity contribution is -0.113. The first-order valence-electron chi connectivity index (χ1n) is 4.57. The molecule has 1 aromatic rings. The molecule has 0 saturated heterocycles. The number of nitrogens with one attached hydrogen (secondary N) is 1. The number of sulfone groups is 1. The first-order chi connectivity index (χ1) is 7.78. The normalized spacial score (nSPS) is 11.0. The summed E-state index contributed by atoms with van der Waals surface area (Å²) in [6, 6.07) is 2.60. The monoisotopic (exact) mass is 258 g/mol. The van der Waals surface area contributed by atoms with Crippen molar-refractivity contribution in [2.75, 3.05) is 17.3 Å². The van der Waals surface area contributed by atoms with Gasteiger partial charge in [0.1, 0.15) is 11.6 Å². The van der Waals surface area contributed by atoms with Gasteiger partial charge in [-0.3, -0.25) is 4.79 Å². The second kappa shape index (κ2) is 5.26. The van der Waals surface area contributed by atoms with Crippen molar-refractivity contribution in [1.82, 2.24) is 4.98 Å². The van der Waals surface area contributed by atoms with Crippen LogP contribution in [0.5, 0.6) is 0 Å². The number of rotatable bonds is 4. The van der Waals surface area contributed by atoms with Crippen molar-refractivity contribution in [1.29, 1.82) is 0 Å². The van der Waals surface area contributed by atoms with Crippen molar-refractivity contribution in [3.8, 4) is 0 Å². The van der Waals surface area contributed by atoms with E-state index in [1.165, 1.54) is 18.3 Å². The maximum atomic E-state index is 11.3. The third kappa shape index (κ3) is 4.94. The number of amides is 1. The fourth-order valence-corrected chi connectivity index (χ4v) is 1.64. The van der Waals surface area contributed by atoms with Crippen LogP contribution in [-0.2, 0) is 14.6 Å². The van der Waals surface area contributed by atoms with Crippen molar-refractivity contribution >= 4 is 34.1 Å². The Morgan fingerprint density at radius 3 is 2.71 bits per heavy atom. The van der Waals surface area contributed by atoms with E-state index in [2.05, 4.69) is 10.3 Å². The molecule has 0 aliphatic carbocycles. The minimum absolute atomic E-state index is 0.0595. The first kappa shape index (κ1) is 13.6. The third-order valence-electron chi connectivity index (χ3n) is 1.74. The van der Waals surface area contributed by atoms with Crippen LogP contribution in [0.2, 0.25) is 0 Å². The molecule has 17 heavy (non-hydrogen) atoms. The standard InChI is InChI=1S/C8H11BN2O5S/c1-17(15,16)5-8(12)11-7-4-6(9(13)14)2-3-10-7/h2-4,13-14H,5H2,1H3,(H,10,11,12). The zero-order valence-corrected chi connectivity index (χ0v) is 9.81. The molecule has 1 aromatic heterocycles. The maximum Gasteiger partial charge on any atom is 0.488 e. The number of hydrogen-bond acceptors (Lipinski definition) is 6. The molecule has 3 N–H and O–H groups in total. The zero-order valence-electron chi connectivity index (χ0n) is 8.99. The number of carbonyl (C=O) groups is 1. The molecule has 0 fully saturated rings.